The van der Waals surface area contributed by atoms with Crippen molar-refractivity contribution in [2.45, 2.75) is 37.1 Å². The Morgan fingerprint density at radius 1 is 1.48 bits per heavy atom. The van der Waals surface area contributed by atoms with E-state index in [0.29, 0.717) is 23.3 Å². The second-order valence-electron chi connectivity index (χ2n) is 5.46. The van der Waals surface area contributed by atoms with Gasteiger partial charge in [-0.3, -0.25) is 0 Å². The van der Waals surface area contributed by atoms with E-state index in [-0.39, 0.29) is 17.5 Å². The number of benzene rings is 1. The van der Waals surface area contributed by atoms with Crippen molar-refractivity contribution in [3.05, 3.63) is 23.2 Å². The number of ether oxygens (including phenoxy) is 1. The molecule has 0 bridgehead atoms. The maximum absolute atomic E-state index is 12.4. The molecule has 0 heterocycles. The van der Waals surface area contributed by atoms with Gasteiger partial charge >= 0.3 is 0 Å². The van der Waals surface area contributed by atoms with E-state index in [9.17, 15) is 8.42 Å². The van der Waals surface area contributed by atoms with E-state index >= 15 is 0 Å². The topological polar surface area (TPSA) is 81.4 Å². The van der Waals surface area contributed by atoms with Crippen LogP contribution in [-0.2, 0) is 10.0 Å². The molecule has 1 fully saturated rings. The molecule has 5 nitrogen and oxygen atoms in total. The predicted molar refractivity (Wildman–Crippen MR) is 83.1 cm³/mol. The Kier molecular flexibility index (Phi) is 5.48. The number of nitrogens with two attached hydrogens (primary N) is 1. The van der Waals surface area contributed by atoms with Gasteiger partial charge in [0.05, 0.1) is 6.61 Å². The molecule has 0 amide bonds. The number of rotatable bonds is 7. The lowest BCUT2D eigenvalue weighted by Crippen LogP contribution is -2.38. The first kappa shape index (κ1) is 16.5. The fraction of sp³-hybridized carbons (Fsp3) is 0.571. The van der Waals surface area contributed by atoms with Gasteiger partial charge in [-0.15, -0.1) is 0 Å². The lowest BCUT2D eigenvalue weighted by Gasteiger charge is -2.25. The van der Waals surface area contributed by atoms with E-state index in [1.807, 2.05) is 0 Å². The Hall–Kier alpha value is -0.820. The summed E-state index contributed by atoms with van der Waals surface area (Å²) in [6, 6.07) is 4.28. The Morgan fingerprint density at radius 3 is 2.76 bits per heavy atom. The summed E-state index contributed by atoms with van der Waals surface area (Å²) in [5.74, 6) is 0.857. The van der Waals surface area contributed by atoms with Crippen LogP contribution in [-0.4, -0.2) is 27.6 Å². The molecule has 1 atom stereocenters. The first-order valence-electron chi connectivity index (χ1n) is 7.07. The molecule has 0 aromatic heterocycles. The molecule has 0 saturated heterocycles. The molecule has 21 heavy (non-hydrogen) atoms. The van der Waals surface area contributed by atoms with Crippen molar-refractivity contribution in [2.24, 2.45) is 11.7 Å². The average molecular weight is 333 g/mol. The third-order valence-corrected chi connectivity index (χ3v) is 5.45. The molecule has 2 rings (SSSR count). The molecular formula is C14H21ClN2O3S. The summed E-state index contributed by atoms with van der Waals surface area (Å²) in [6.07, 6.45) is 3.49. The fourth-order valence-electron chi connectivity index (χ4n) is 2.05. The molecule has 1 aromatic rings. The number of hydrogen-bond donors (Lipinski definition) is 2. The van der Waals surface area contributed by atoms with Crippen molar-refractivity contribution >= 4 is 21.6 Å². The highest BCUT2D eigenvalue weighted by Gasteiger charge is 2.24. The van der Waals surface area contributed by atoms with Crippen LogP contribution in [0.3, 0.4) is 0 Å². The minimum absolute atomic E-state index is 0.0645. The van der Waals surface area contributed by atoms with Crippen molar-refractivity contribution in [1.29, 1.82) is 0 Å². The van der Waals surface area contributed by atoms with E-state index in [2.05, 4.69) is 4.72 Å². The number of halogens is 1. The molecule has 0 unspecified atom stereocenters. The Balaban J connectivity index is 2.20. The first-order chi connectivity index (χ1) is 9.92. The standard InChI is InChI=1S/C14H21ClN2O3S/c1-10(8-16)17-21(18,19)14-7-12(15)5-6-13(14)20-9-11-3-2-4-11/h5-7,10-11,17H,2-4,8-9,16H2,1H3/t10-/m0/s1. The van der Waals surface area contributed by atoms with Gasteiger partial charge < -0.3 is 10.5 Å². The van der Waals surface area contributed by atoms with Crippen molar-refractivity contribution in [1.82, 2.24) is 4.72 Å². The van der Waals surface area contributed by atoms with Crippen LogP contribution in [0.25, 0.3) is 0 Å². The van der Waals surface area contributed by atoms with Gasteiger partial charge in [-0.2, -0.15) is 0 Å². The zero-order chi connectivity index (χ0) is 15.5. The molecule has 1 aromatic carbocycles. The molecule has 0 radical (unpaired) electrons. The zero-order valence-electron chi connectivity index (χ0n) is 12.0. The Bertz CT molecular complexity index is 588. The largest absolute Gasteiger partial charge is 0.492 e. The highest BCUT2D eigenvalue weighted by Crippen LogP contribution is 2.31. The van der Waals surface area contributed by atoms with E-state index < -0.39 is 10.0 Å². The van der Waals surface area contributed by atoms with Gasteiger partial charge in [0.1, 0.15) is 10.6 Å². The minimum Gasteiger partial charge on any atom is -0.492 e. The van der Waals surface area contributed by atoms with Gasteiger partial charge in [-0.1, -0.05) is 18.0 Å². The lowest BCUT2D eigenvalue weighted by molar-refractivity contribution is 0.177. The number of hydrogen-bond acceptors (Lipinski definition) is 4. The predicted octanol–water partition coefficient (Wildman–Crippen LogP) is 2.14. The third-order valence-electron chi connectivity index (χ3n) is 3.60. The van der Waals surface area contributed by atoms with Crippen LogP contribution in [0.1, 0.15) is 26.2 Å². The molecule has 0 spiro atoms. The van der Waals surface area contributed by atoms with E-state index in [1.165, 1.54) is 12.5 Å². The van der Waals surface area contributed by atoms with Crippen molar-refractivity contribution in [3.63, 3.8) is 0 Å². The quantitative estimate of drug-likeness (QED) is 0.801. The van der Waals surface area contributed by atoms with Crippen LogP contribution < -0.4 is 15.2 Å². The van der Waals surface area contributed by atoms with Crippen molar-refractivity contribution in [2.75, 3.05) is 13.2 Å². The summed E-state index contributed by atoms with van der Waals surface area (Å²) in [7, 11) is -3.70. The fourth-order valence-corrected chi connectivity index (χ4v) is 3.72. The molecular weight excluding hydrogens is 312 g/mol. The van der Waals surface area contributed by atoms with Gasteiger partial charge in [0.15, 0.2) is 0 Å². The number of nitrogens with one attached hydrogen (secondary N) is 1. The van der Waals surface area contributed by atoms with Gasteiger partial charge in [-0.25, -0.2) is 13.1 Å². The maximum Gasteiger partial charge on any atom is 0.244 e. The van der Waals surface area contributed by atoms with E-state index in [4.69, 9.17) is 22.1 Å². The molecule has 1 saturated carbocycles. The van der Waals surface area contributed by atoms with Crippen LogP contribution in [0.2, 0.25) is 5.02 Å². The van der Waals surface area contributed by atoms with E-state index in [1.54, 1.807) is 19.1 Å². The summed E-state index contributed by atoms with van der Waals surface area (Å²) >= 11 is 5.92. The summed E-state index contributed by atoms with van der Waals surface area (Å²) in [6.45, 7) is 2.46. The first-order valence-corrected chi connectivity index (χ1v) is 8.93. The zero-order valence-corrected chi connectivity index (χ0v) is 13.6. The highest BCUT2D eigenvalue weighted by molar-refractivity contribution is 7.89. The Morgan fingerprint density at radius 2 is 2.19 bits per heavy atom. The minimum atomic E-state index is -3.70. The second kappa shape index (κ2) is 6.96. The molecule has 1 aliphatic carbocycles. The summed E-state index contributed by atoms with van der Waals surface area (Å²) in [4.78, 5) is 0.0645. The van der Waals surface area contributed by atoms with Gasteiger partial charge in [0, 0.05) is 17.6 Å². The van der Waals surface area contributed by atoms with Crippen LogP contribution in [0.15, 0.2) is 23.1 Å². The van der Waals surface area contributed by atoms with Crippen molar-refractivity contribution < 1.29 is 13.2 Å². The molecule has 3 N–H and O–H groups in total. The Labute approximate surface area is 130 Å². The van der Waals surface area contributed by atoms with Crippen molar-refractivity contribution in [3.8, 4) is 5.75 Å². The normalized spacial score (nSPS) is 17.3. The molecule has 7 heteroatoms. The van der Waals surface area contributed by atoms with Crippen LogP contribution in [0.4, 0.5) is 0 Å². The monoisotopic (exact) mass is 332 g/mol. The lowest BCUT2D eigenvalue weighted by atomic mass is 9.86. The van der Waals surface area contributed by atoms with Gasteiger partial charge in [0.2, 0.25) is 10.0 Å². The molecule has 118 valence electrons. The van der Waals surface area contributed by atoms with Crippen LogP contribution in [0, 0.1) is 5.92 Å². The van der Waals surface area contributed by atoms with E-state index in [0.717, 1.165) is 12.8 Å². The SMILES string of the molecule is C[C@@H](CN)NS(=O)(=O)c1cc(Cl)ccc1OCC1CCC1. The molecule has 1 aliphatic rings. The molecule has 0 aliphatic heterocycles. The summed E-state index contributed by atoms with van der Waals surface area (Å²) in [5.41, 5.74) is 5.47. The summed E-state index contributed by atoms with van der Waals surface area (Å²) < 4.78 is 33.0. The highest BCUT2D eigenvalue weighted by atomic mass is 35.5. The third kappa shape index (κ3) is 4.32. The summed E-state index contributed by atoms with van der Waals surface area (Å²) in [5, 5.41) is 0.353. The second-order valence-corrected chi connectivity index (χ2v) is 7.58. The van der Waals surface area contributed by atoms with Gasteiger partial charge in [-0.05, 0) is 43.9 Å². The smallest absolute Gasteiger partial charge is 0.244 e. The average Bonchev–Trinajstić information content (AvgIpc) is 2.37. The van der Waals surface area contributed by atoms with Gasteiger partial charge in [0.25, 0.3) is 0 Å². The number of sulfonamides is 1. The maximum atomic E-state index is 12.4. The van der Waals surface area contributed by atoms with Crippen LogP contribution in [0.5, 0.6) is 5.75 Å². The van der Waals surface area contributed by atoms with Crippen LogP contribution >= 0.6 is 11.6 Å².